The highest BCUT2D eigenvalue weighted by molar-refractivity contribution is 5.68. The van der Waals surface area contributed by atoms with Crippen LogP contribution in [-0.4, -0.2) is 55.3 Å². The molecule has 0 atom stereocenters. The minimum atomic E-state index is -0.540. The first-order valence-electron chi connectivity index (χ1n) is 12.5. The second-order valence-electron chi connectivity index (χ2n) is 10.5. The molecule has 0 bridgehead atoms. The lowest BCUT2D eigenvalue weighted by atomic mass is 10.1. The van der Waals surface area contributed by atoms with E-state index in [1.807, 2.05) is 26.8 Å². The molecule has 2 aromatic heterocycles. The Balaban J connectivity index is 1.52. The van der Waals surface area contributed by atoms with Gasteiger partial charge in [-0.1, -0.05) is 26.0 Å². The van der Waals surface area contributed by atoms with Crippen molar-refractivity contribution in [3.63, 3.8) is 0 Å². The number of nitrogens with zero attached hydrogens (tertiary/aromatic N) is 6. The highest BCUT2D eigenvalue weighted by Gasteiger charge is 2.26. The largest absolute Gasteiger partial charge is 0.444 e. The molecule has 1 aromatic carbocycles. The number of anilines is 2. The van der Waals surface area contributed by atoms with E-state index in [-0.39, 0.29) is 17.6 Å². The van der Waals surface area contributed by atoms with Gasteiger partial charge in [0.2, 0.25) is 11.9 Å². The molecule has 0 aliphatic carbocycles. The Bertz CT molecular complexity index is 1280. The van der Waals surface area contributed by atoms with Gasteiger partial charge in [-0.15, -0.1) is 0 Å². The number of fused-ring (bicyclic) bond motifs is 1. The maximum absolute atomic E-state index is 12.2. The summed E-state index contributed by atoms with van der Waals surface area (Å²) in [6.07, 6.45) is 2.87. The average Bonchev–Trinajstić information content (AvgIpc) is 3.26. The zero-order valence-corrected chi connectivity index (χ0v) is 21.9. The maximum Gasteiger partial charge on any atom is 0.407 e. The van der Waals surface area contributed by atoms with E-state index in [1.165, 1.54) is 12.1 Å². The Kier molecular flexibility index (Phi) is 7.46. The van der Waals surface area contributed by atoms with E-state index in [0.717, 1.165) is 29.6 Å². The van der Waals surface area contributed by atoms with Crippen molar-refractivity contribution in [2.75, 3.05) is 23.3 Å². The molecule has 1 aliphatic rings. The lowest BCUT2D eigenvalue weighted by Gasteiger charge is -2.33. The highest BCUT2D eigenvalue weighted by atomic mass is 16.6. The topological polar surface area (TPSA) is 140 Å². The molecule has 0 unspecified atom stereocenters. The fraction of sp³-hybridized carbons (Fsp3) is 0.520. The summed E-state index contributed by atoms with van der Waals surface area (Å²) < 4.78 is 7.06. The molecule has 0 radical (unpaired) electrons. The fourth-order valence-electron chi connectivity index (χ4n) is 4.21. The molecular formula is C25H34N8O4. The number of carbonyl (C=O) groups excluding carboxylic acids is 1. The van der Waals surface area contributed by atoms with E-state index in [0.29, 0.717) is 31.5 Å². The number of nitrogens with one attached hydrogen (secondary N) is 2. The van der Waals surface area contributed by atoms with Crippen molar-refractivity contribution in [2.24, 2.45) is 0 Å². The smallest absolute Gasteiger partial charge is 0.407 e. The van der Waals surface area contributed by atoms with Crippen LogP contribution in [0.2, 0.25) is 0 Å². The Hall–Kier alpha value is -3.96. The number of amides is 1. The fourth-order valence-corrected chi connectivity index (χ4v) is 4.21. The number of carbonyl (C=O) groups is 1. The van der Waals surface area contributed by atoms with Crippen LogP contribution >= 0.6 is 0 Å². The van der Waals surface area contributed by atoms with Gasteiger partial charge >= 0.3 is 6.09 Å². The van der Waals surface area contributed by atoms with Gasteiger partial charge in [0, 0.05) is 43.4 Å². The Labute approximate surface area is 215 Å². The molecule has 1 saturated heterocycles. The van der Waals surface area contributed by atoms with Crippen LogP contribution in [0.5, 0.6) is 0 Å². The number of piperidine rings is 1. The van der Waals surface area contributed by atoms with Crippen molar-refractivity contribution in [1.82, 2.24) is 24.9 Å². The molecule has 4 rings (SSSR count). The van der Waals surface area contributed by atoms with Crippen LogP contribution in [0, 0.1) is 10.1 Å². The van der Waals surface area contributed by atoms with Crippen LogP contribution in [0.15, 0.2) is 30.5 Å². The third-order valence-corrected chi connectivity index (χ3v) is 6.08. The lowest BCUT2D eigenvalue weighted by Crippen LogP contribution is -2.46. The SMILES string of the molecule is CC(C)c1cnn2c(NCc3cccc([N+](=O)[O-])c3)nc(N3CCC(NC(=O)OC(C)(C)C)CC3)nc12. The number of hydrogen-bond acceptors (Lipinski definition) is 9. The van der Waals surface area contributed by atoms with Crippen LogP contribution < -0.4 is 15.5 Å². The molecule has 3 heterocycles. The summed E-state index contributed by atoms with van der Waals surface area (Å²) in [5.41, 5.74) is 1.98. The van der Waals surface area contributed by atoms with Crippen LogP contribution in [0.4, 0.5) is 22.4 Å². The second kappa shape index (κ2) is 10.6. The van der Waals surface area contributed by atoms with Gasteiger partial charge in [-0.05, 0) is 45.1 Å². The van der Waals surface area contributed by atoms with Gasteiger partial charge in [0.15, 0.2) is 5.65 Å². The van der Waals surface area contributed by atoms with Crippen molar-refractivity contribution in [3.05, 3.63) is 51.7 Å². The number of alkyl carbamates (subject to hydrolysis) is 1. The Morgan fingerprint density at radius 2 is 1.97 bits per heavy atom. The van der Waals surface area contributed by atoms with Crippen LogP contribution in [0.1, 0.15) is 64.5 Å². The van der Waals surface area contributed by atoms with Crippen molar-refractivity contribution >= 4 is 29.3 Å². The summed E-state index contributed by atoms with van der Waals surface area (Å²) in [5.74, 6) is 1.30. The summed E-state index contributed by atoms with van der Waals surface area (Å²) in [4.78, 5) is 34.6. The third kappa shape index (κ3) is 6.43. The molecule has 1 aliphatic heterocycles. The van der Waals surface area contributed by atoms with Gasteiger partial charge in [0.05, 0.1) is 11.1 Å². The zero-order chi connectivity index (χ0) is 26.7. The van der Waals surface area contributed by atoms with Gasteiger partial charge < -0.3 is 20.3 Å². The lowest BCUT2D eigenvalue weighted by molar-refractivity contribution is -0.384. The average molecular weight is 511 g/mol. The molecule has 12 heteroatoms. The first-order chi connectivity index (χ1) is 17.5. The van der Waals surface area contributed by atoms with Crippen molar-refractivity contribution in [2.45, 2.75) is 71.6 Å². The molecule has 1 fully saturated rings. The molecule has 3 aromatic rings. The molecule has 0 saturated carbocycles. The molecule has 37 heavy (non-hydrogen) atoms. The molecule has 198 valence electrons. The normalized spacial score (nSPS) is 14.7. The summed E-state index contributed by atoms with van der Waals surface area (Å²) in [6.45, 7) is 11.4. The van der Waals surface area contributed by atoms with E-state index in [4.69, 9.17) is 14.7 Å². The quantitative estimate of drug-likeness (QED) is 0.352. The molecular weight excluding hydrogens is 476 g/mol. The predicted molar refractivity (Wildman–Crippen MR) is 140 cm³/mol. The van der Waals surface area contributed by atoms with E-state index in [1.54, 1.807) is 16.8 Å². The zero-order valence-electron chi connectivity index (χ0n) is 21.9. The Morgan fingerprint density at radius 1 is 1.24 bits per heavy atom. The number of nitro benzene ring substituents is 1. The molecule has 0 spiro atoms. The van der Waals surface area contributed by atoms with Crippen molar-refractivity contribution in [1.29, 1.82) is 0 Å². The monoisotopic (exact) mass is 510 g/mol. The number of non-ortho nitro benzene ring substituents is 1. The van der Waals surface area contributed by atoms with E-state index in [2.05, 4.69) is 34.5 Å². The minimum Gasteiger partial charge on any atom is -0.444 e. The van der Waals surface area contributed by atoms with Gasteiger partial charge in [-0.2, -0.15) is 19.6 Å². The Morgan fingerprint density at radius 3 is 2.62 bits per heavy atom. The van der Waals surface area contributed by atoms with Crippen LogP contribution in [-0.2, 0) is 11.3 Å². The number of ether oxygens (including phenoxy) is 1. The van der Waals surface area contributed by atoms with Gasteiger partial charge in [-0.25, -0.2) is 4.79 Å². The molecule has 1 amide bonds. The van der Waals surface area contributed by atoms with Gasteiger partial charge in [-0.3, -0.25) is 10.1 Å². The molecule has 2 N–H and O–H groups in total. The standard InChI is InChI=1S/C25H34N8O4/c1-16(2)20-15-27-32-21(20)29-23(30-22(32)26-14-17-7-6-8-19(13-17)33(35)36)31-11-9-18(10-12-31)28-24(34)37-25(3,4)5/h6-8,13,15-16,18H,9-12,14H2,1-5H3,(H,28,34)(H,26,29,30). The summed E-state index contributed by atoms with van der Waals surface area (Å²) in [6, 6.07) is 6.51. The van der Waals surface area contributed by atoms with E-state index < -0.39 is 16.6 Å². The summed E-state index contributed by atoms with van der Waals surface area (Å²) in [7, 11) is 0. The van der Waals surface area contributed by atoms with E-state index in [9.17, 15) is 14.9 Å². The highest BCUT2D eigenvalue weighted by Crippen LogP contribution is 2.25. The summed E-state index contributed by atoms with van der Waals surface area (Å²) in [5, 5.41) is 21.9. The number of rotatable bonds is 7. The van der Waals surface area contributed by atoms with Gasteiger partial charge in [0.25, 0.3) is 5.69 Å². The number of nitro groups is 1. The van der Waals surface area contributed by atoms with Crippen LogP contribution in [0.3, 0.4) is 0 Å². The van der Waals surface area contributed by atoms with Gasteiger partial charge in [0.1, 0.15) is 5.60 Å². The number of benzene rings is 1. The third-order valence-electron chi connectivity index (χ3n) is 6.08. The molecule has 12 nitrogen and oxygen atoms in total. The first-order valence-corrected chi connectivity index (χ1v) is 12.5. The van der Waals surface area contributed by atoms with Crippen molar-refractivity contribution in [3.8, 4) is 0 Å². The minimum absolute atomic E-state index is 0.0162. The number of aromatic nitrogens is 4. The maximum atomic E-state index is 12.2. The predicted octanol–water partition coefficient (Wildman–Crippen LogP) is 4.26. The first kappa shape index (κ1) is 26.1. The van der Waals surface area contributed by atoms with E-state index >= 15 is 0 Å². The second-order valence-corrected chi connectivity index (χ2v) is 10.5. The summed E-state index contributed by atoms with van der Waals surface area (Å²) >= 11 is 0. The number of hydrogen-bond donors (Lipinski definition) is 2. The van der Waals surface area contributed by atoms with Crippen molar-refractivity contribution < 1.29 is 14.5 Å². The van der Waals surface area contributed by atoms with Crippen LogP contribution in [0.25, 0.3) is 5.65 Å².